The Kier molecular flexibility index (Phi) is 5.93. The van der Waals surface area contributed by atoms with Gasteiger partial charge >= 0.3 is 0 Å². The molecular weight excluding hydrogens is 354 g/mol. The van der Waals surface area contributed by atoms with Gasteiger partial charge in [-0.05, 0) is 91.4 Å². The fourth-order valence-corrected chi connectivity index (χ4v) is 3.15. The highest BCUT2D eigenvalue weighted by Gasteiger charge is 2.11. The molecule has 0 bridgehead atoms. The maximum atomic E-state index is 14.5. The molecule has 0 radical (unpaired) electrons. The zero-order valence-electron chi connectivity index (χ0n) is 16.6. The first-order valence-electron chi connectivity index (χ1n) is 9.28. The van der Waals surface area contributed by atoms with Crippen molar-refractivity contribution >= 4 is 0 Å². The second-order valence-corrected chi connectivity index (χ2v) is 7.23. The van der Waals surface area contributed by atoms with Gasteiger partial charge < -0.3 is 4.74 Å². The van der Waals surface area contributed by atoms with Gasteiger partial charge in [0.05, 0.1) is 0 Å². The lowest BCUT2D eigenvalue weighted by Crippen LogP contribution is -1.97. The van der Waals surface area contributed by atoms with Gasteiger partial charge in [-0.3, -0.25) is 0 Å². The van der Waals surface area contributed by atoms with Crippen LogP contribution in [0.5, 0.6) is 5.75 Å². The van der Waals surface area contributed by atoms with Crippen molar-refractivity contribution in [3.05, 3.63) is 89.0 Å². The van der Waals surface area contributed by atoms with Crippen LogP contribution in [0.1, 0.15) is 25.0 Å². The van der Waals surface area contributed by atoms with Gasteiger partial charge in [0.1, 0.15) is 12.4 Å². The molecule has 0 amide bonds. The first-order chi connectivity index (χ1) is 13.3. The molecule has 0 N–H and O–H groups in total. The minimum absolute atomic E-state index is 0.249. The van der Waals surface area contributed by atoms with E-state index in [0.29, 0.717) is 6.61 Å². The lowest BCUT2D eigenvalue weighted by atomic mass is 9.92. The third kappa shape index (κ3) is 4.48. The second-order valence-electron chi connectivity index (χ2n) is 7.23. The summed E-state index contributed by atoms with van der Waals surface area (Å²) < 4.78 is 33.2. The number of halogens is 2. The second kappa shape index (κ2) is 8.39. The molecule has 3 heteroatoms. The number of aryl methyl sites for hydroxylation is 2. The molecule has 0 unspecified atom stereocenters. The standard InChI is InChI=1S/C25H24F2O/c1-16(2)11-12-28-25-10-7-20(15-24(25)27)23-14-17(3)22(13-18(23)4)19-5-8-21(26)9-6-19/h5-11,13-15H,12H2,1-4H3. The lowest BCUT2D eigenvalue weighted by Gasteiger charge is -2.14. The van der Waals surface area contributed by atoms with Crippen LogP contribution in [-0.4, -0.2) is 6.61 Å². The van der Waals surface area contributed by atoms with Crippen molar-refractivity contribution in [2.75, 3.05) is 6.61 Å². The van der Waals surface area contributed by atoms with Crippen LogP contribution in [0.2, 0.25) is 0 Å². The molecule has 0 fully saturated rings. The predicted octanol–water partition coefficient (Wildman–Crippen LogP) is 7.26. The van der Waals surface area contributed by atoms with Crippen LogP contribution in [0.15, 0.2) is 66.2 Å². The maximum Gasteiger partial charge on any atom is 0.165 e. The zero-order chi connectivity index (χ0) is 20.3. The molecule has 3 rings (SSSR count). The Hall–Kier alpha value is -2.94. The Morgan fingerprint density at radius 2 is 1.39 bits per heavy atom. The van der Waals surface area contributed by atoms with Crippen molar-refractivity contribution in [1.29, 1.82) is 0 Å². The fraction of sp³-hybridized carbons (Fsp3) is 0.200. The Bertz CT molecular complexity index is 1010. The van der Waals surface area contributed by atoms with E-state index < -0.39 is 0 Å². The van der Waals surface area contributed by atoms with E-state index in [-0.39, 0.29) is 17.4 Å². The largest absolute Gasteiger partial charge is 0.486 e. The summed E-state index contributed by atoms with van der Waals surface area (Å²) in [4.78, 5) is 0. The molecule has 0 aliphatic carbocycles. The summed E-state index contributed by atoms with van der Waals surface area (Å²) in [6.45, 7) is 8.31. The van der Waals surface area contributed by atoms with E-state index in [4.69, 9.17) is 4.74 Å². The summed E-state index contributed by atoms with van der Waals surface area (Å²) in [6, 6.07) is 15.6. The minimum atomic E-state index is -0.376. The molecule has 28 heavy (non-hydrogen) atoms. The molecule has 1 nitrogen and oxygen atoms in total. The van der Waals surface area contributed by atoms with Gasteiger partial charge in [0, 0.05) is 0 Å². The highest BCUT2D eigenvalue weighted by molar-refractivity contribution is 5.76. The molecule has 3 aromatic rings. The van der Waals surface area contributed by atoms with Crippen LogP contribution >= 0.6 is 0 Å². The topological polar surface area (TPSA) is 9.23 Å². The molecule has 3 aromatic carbocycles. The SMILES string of the molecule is CC(C)=CCOc1ccc(-c2cc(C)c(-c3ccc(F)cc3)cc2C)cc1F. The lowest BCUT2D eigenvalue weighted by molar-refractivity contribution is 0.341. The van der Waals surface area contributed by atoms with Gasteiger partial charge in [-0.25, -0.2) is 8.78 Å². The van der Waals surface area contributed by atoms with E-state index in [1.165, 1.54) is 18.2 Å². The van der Waals surface area contributed by atoms with E-state index in [1.807, 2.05) is 45.9 Å². The first-order valence-corrected chi connectivity index (χ1v) is 9.28. The molecular formula is C25H24F2O. The maximum absolute atomic E-state index is 14.5. The van der Waals surface area contributed by atoms with Crippen molar-refractivity contribution in [1.82, 2.24) is 0 Å². The van der Waals surface area contributed by atoms with Crippen molar-refractivity contribution < 1.29 is 13.5 Å². The Morgan fingerprint density at radius 3 is 1.96 bits per heavy atom. The normalized spacial score (nSPS) is 10.6. The molecule has 0 atom stereocenters. The van der Waals surface area contributed by atoms with Gasteiger partial charge in [-0.15, -0.1) is 0 Å². The van der Waals surface area contributed by atoms with Crippen molar-refractivity contribution in [2.45, 2.75) is 27.7 Å². The van der Waals surface area contributed by atoms with E-state index in [2.05, 4.69) is 6.07 Å². The van der Waals surface area contributed by atoms with Gasteiger partial charge in [0.15, 0.2) is 11.6 Å². The highest BCUT2D eigenvalue weighted by atomic mass is 19.1. The Balaban J connectivity index is 1.91. The molecule has 0 heterocycles. The van der Waals surface area contributed by atoms with Gasteiger partial charge in [0.25, 0.3) is 0 Å². The van der Waals surface area contributed by atoms with Crippen LogP contribution in [0.3, 0.4) is 0 Å². The Labute approximate surface area is 165 Å². The summed E-state index contributed by atoms with van der Waals surface area (Å²) in [7, 11) is 0. The average Bonchev–Trinajstić information content (AvgIpc) is 2.65. The third-order valence-corrected chi connectivity index (χ3v) is 4.70. The minimum Gasteiger partial charge on any atom is -0.486 e. The summed E-state index contributed by atoms with van der Waals surface area (Å²) in [5, 5.41) is 0. The molecule has 0 aliphatic rings. The number of rotatable bonds is 5. The van der Waals surface area contributed by atoms with Gasteiger partial charge in [-0.2, -0.15) is 0 Å². The first kappa shape index (κ1) is 19.8. The average molecular weight is 378 g/mol. The quantitative estimate of drug-likeness (QED) is 0.425. The zero-order valence-corrected chi connectivity index (χ0v) is 16.6. The van der Waals surface area contributed by atoms with E-state index in [1.54, 1.807) is 18.2 Å². The van der Waals surface area contributed by atoms with Crippen LogP contribution in [0, 0.1) is 25.5 Å². The van der Waals surface area contributed by atoms with E-state index in [9.17, 15) is 8.78 Å². The summed E-state index contributed by atoms with van der Waals surface area (Å²) in [5.41, 5.74) is 6.99. The summed E-state index contributed by atoms with van der Waals surface area (Å²) in [5.74, 6) is -0.380. The smallest absolute Gasteiger partial charge is 0.165 e. The monoisotopic (exact) mass is 378 g/mol. The Morgan fingerprint density at radius 1 is 0.821 bits per heavy atom. The number of ether oxygens (including phenoxy) is 1. The summed E-state index contributed by atoms with van der Waals surface area (Å²) in [6.07, 6.45) is 1.91. The number of hydrogen-bond donors (Lipinski definition) is 0. The van der Waals surface area contributed by atoms with E-state index in [0.717, 1.165) is 39.0 Å². The van der Waals surface area contributed by atoms with Crippen LogP contribution < -0.4 is 4.74 Å². The highest BCUT2D eigenvalue weighted by Crippen LogP contribution is 2.33. The van der Waals surface area contributed by atoms with E-state index >= 15 is 0 Å². The number of benzene rings is 3. The molecule has 0 spiro atoms. The van der Waals surface area contributed by atoms with Crippen molar-refractivity contribution in [2.24, 2.45) is 0 Å². The molecule has 0 aliphatic heterocycles. The molecule has 144 valence electrons. The fourth-order valence-electron chi connectivity index (χ4n) is 3.15. The van der Waals surface area contributed by atoms with Gasteiger partial charge in [0.2, 0.25) is 0 Å². The number of allylic oxidation sites excluding steroid dienone is 1. The van der Waals surface area contributed by atoms with Crippen LogP contribution in [0.4, 0.5) is 8.78 Å². The van der Waals surface area contributed by atoms with Crippen molar-refractivity contribution in [3.8, 4) is 28.0 Å². The molecule has 0 aromatic heterocycles. The van der Waals surface area contributed by atoms with Crippen LogP contribution in [-0.2, 0) is 0 Å². The predicted molar refractivity (Wildman–Crippen MR) is 112 cm³/mol. The van der Waals surface area contributed by atoms with Gasteiger partial charge in [-0.1, -0.05) is 35.9 Å². The van der Waals surface area contributed by atoms with Crippen LogP contribution in [0.25, 0.3) is 22.3 Å². The van der Waals surface area contributed by atoms with Crippen molar-refractivity contribution in [3.63, 3.8) is 0 Å². The summed E-state index contributed by atoms with van der Waals surface area (Å²) >= 11 is 0. The molecule has 0 saturated carbocycles. The third-order valence-electron chi connectivity index (χ3n) is 4.70. The number of hydrogen-bond acceptors (Lipinski definition) is 1. The molecule has 0 saturated heterocycles.